The number of benzene rings is 1. The van der Waals surface area contributed by atoms with Gasteiger partial charge in [0.05, 0.1) is 6.61 Å². The van der Waals surface area contributed by atoms with Crippen LogP contribution in [0.5, 0.6) is 5.75 Å². The molecule has 1 aliphatic heterocycles. The standard InChI is InChI=1S/C29H40N4O3.H2/c1-20(2)27-31-29(36-32-27)33-17-15-21(16-18-33)19-35-26-13-11-23(12-14-26)22-7-9-24(10-8-22)28(34)30-25-5-3-4-6-25;/h7,11-14,20-21,24-25H,3-6,8-10,15-19H2,1-2H3,(H,30,34);1H. The topological polar surface area (TPSA) is 80.5 Å². The van der Waals surface area contributed by atoms with Gasteiger partial charge < -0.3 is 19.5 Å². The van der Waals surface area contributed by atoms with Crippen molar-refractivity contribution in [1.82, 2.24) is 15.5 Å². The van der Waals surface area contributed by atoms with Crippen molar-refractivity contribution in [2.45, 2.75) is 83.6 Å². The van der Waals surface area contributed by atoms with Crippen LogP contribution in [0.3, 0.4) is 0 Å². The maximum atomic E-state index is 12.6. The van der Waals surface area contributed by atoms with Gasteiger partial charge in [0.15, 0.2) is 5.82 Å². The predicted octanol–water partition coefficient (Wildman–Crippen LogP) is 5.98. The van der Waals surface area contributed by atoms with Crippen LogP contribution in [0.1, 0.15) is 90.4 Å². The zero-order valence-electron chi connectivity index (χ0n) is 21.7. The smallest absolute Gasteiger partial charge is 0.324 e. The second-order valence-electron chi connectivity index (χ2n) is 11.0. The number of amides is 1. The van der Waals surface area contributed by atoms with Crippen LogP contribution in [-0.4, -0.2) is 41.8 Å². The molecule has 1 N–H and O–H groups in total. The Morgan fingerprint density at radius 3 is 2.53 bits per heavy atom. The molecule has 2 fully saturated rings. The Morgan fingerprint density at radius 2 is 1.89 bits per heavy atom. The molecule has 0 bridgehead atoms. The Kier molecular flexibility index (Phi) is 7.93. The van der Waals surface area contributed by atoms with Gasteiger partial charge in [-0.1, -0.05) is 50.1 Å². The fourth-order valence-electron chi connectivity index (χ4n) is 5.58. The third kappa shape index (κ3) is 6.11. The van der Waals surface area contributed by atoms with Crippen molar-refractivity contribution in [3.8, 4) is 5.75 Å². The van der Waals surface area contributed by atoms with Crippen molar-refractivity contribution in [2.75, 3.05) is 24.6 Å². The molecule has 1 saturated heterocycles. The molecule has 2 aromatic rings. The van der Waals surface area contributed by atoms with E-state index in [1.807, 2.05) is 0 Å². The fraction of sp³-hybridized carbons (Fsp3) is 0.621. The van der Waals surface area contributed by atoms with E-state index in [0.717, 1.165) is 76.2 Å². The van der Waals surface area contributed by atoms with Crippen molar-refractivity contribution in [2.24, 2.45) is 11.8 Å². The summed E-state index contributed by atoms with van der Waals surface area (Å²) in [6.45, 7) is 6.71. The average Bonchev–Trinajstić information content (AvgIpc) is 3.61. The number of carbonyl (C=O) groups excluding carboxylic acids is 1. The summed E-state index contributed by atoms with van der Waals surface area (Å²) >= 11 is 0. The van der Waals surface area contributed by atoms with Crippen molar-refractivity contribution in [3.05, 3.63) is 41.7 Å². The van der Waals surface area contributed by atoms with Gasteiger partial charge in [-0.15, -0.1) is 0 Å². The van der Waals surface area contributed by atoms with Gasteiger partial charge in [-0.2, -0.15) is 4.98 Å². The lowest BCUT2D eigenvalue weighted by Crippen LogP contribution is -2.37. The normalized spacial score (nSPS) is 21.6. The fourth-order valence-corrected chi connectivity index (χ4v) is 5.58. The van der Waals surface area contributed by atoms with E-state index >= 15 is 0 Å². The first-order chi connectivity index (χ1) is 17.5. The first-order valence-corrected chi connectivity index (χ1v) is 13.9. The molecule has 7 heteroatoms. The van der Waals surface area contributed by atoms with Crippen LogP contribution in [0.2, 0.25) is 0 Å². The molecule has 196 valence electrons. The second-order valence-corrected chi connectivity index (χ2v) is 11.0. The third-order valence-electron chi connectivity index (χ3n) is 8.03. The van der Waals surface area contributed by atoms with E-state index in [9.17, 15) is 4.79 Å². The summed E-state index contributed by atoms with van der Waals surface area (Å²) in [7, 11) is 0. The maximum absolute atomic E-state index is 12.6. The van der Waals surface area contributed by atoms with Crippen molar-refractivity contribution < 1.29 is 15.5 Å². The molecule has 0 spiro atoms. The number of anilines is 1. The molecule has 7 nitrogen and oxygen atoms in total. The molecule has 1 saturated carbocycles. The molecule has 0 radical (unpaired) electrons. The number of aromatic nitrogens is 2. The molecule has 1 aromatic carbocycles. The number of nitrogens with one attached hydrogen (secondary N) is 1. The number of allylic oxidation sites excluding steroid dienone is 2. The van der Waals surface area contributed by atoms with Gasteiger partial charge in [0.1, 0.15) is 5.75 Å². The van der Waals surface area contributed by atoms with Gasteiger partial charge in [0.2, 0.25) is 5.91 Å². The molecular formula is C29H42N4O3. The number of piperidine rings is 1. The zero-order chi connectivity index (χ0) is 24.9. The molecule has 2 heterocycles. The van der Waals surface area contributed by atoms with Gasteiger partial charge in [0.25, 0.3) is 0 Å². The summed E-state index contributed by atoms with van der Waals surface area (Å²) in [5.41, 5.74) is 2.59. The van der Waals surface area contributed by atoms with E-state index in [4.69, 9.17) is 9.26 Å². The van der Waals surface area contributed by atoms with E-state index in [-0.39, 0.29) is 19.2 Å². The van der Waals surface area contributed by atoms with E-state index in [2.05, 4.69) is 64.5 Å². The molecule has 5 rings (SSSR count). The first kappa shape index (κ1) is 24.8. The Balaban J connectivity index is 0.00000320. The van der Waals surface area contributed by atoms with E-state index in [1.54, 1.807) is 0 Å². The van der Waals surface area contributed by atoms with E-state index < -0.39 is 0 Å². The van der Waals surface area contributed by atoms with Crippen LogP contribution in [-0.2, 0) is 4.79 Å². The number of hydrogen-bond acceptors (Lipinski definition) is 6. The van der Waals surface area contributed by atoms with Gasteiger partial charge in [-0.3, -0.25) is 4.79 Å². The van der Waals surface area contributed by atoms with Gasteiger partial charge in [-0.05, 0) is 74.1 Å². The Morgan fingerprint density at radius 1 is 1.14 bits per heavy atom. The second kappa shape index (κ2) is 11.5. The molecule has 1 unspecified atom stereocenters. The monoisotopic (exact) mass is 494 g/mol. The quantitative estimate of drug-likeness (QED) is 0.486. The van der Waals surface area contributed by atoms with Gasteiger partial charge in [-0.25, -0.2) is 0 Å². The summed E-state index contributed by atoms with van der Waals surface area (Å²) in [6, 6.07) is 9.53. The summed E-state index contributed by atoms with van der Waals surface area (Å²) in [5, 5.41) is 7.35. The van der Waals surface area contributed by atoms with Crippen LogP contribution in [0.4, 0.5) is 6.01 Å². The minimum Gasteiger partial charge on any atom is -0.493 e. The third-order valence-corrected chi connectivity index (χ3v) is 8.03. The molecular weight excluding hydrogens is 452 g/mol. The lowest BCUT2D eigenvalue weighted by atomic mass is 9.86. The van der Waals surface area contributed by atoms with Gasteiger partial charge in [0, 0.05) is 32.4 Å². The summed E-state index contributed by atoms with van der Waals surface area (Å²) in [6.07, 6.45) is 11.9. The molecule has 2 aliphatic carbocycles. The SMILES string of the molecule is CC(C)c1noc(N2CCC(COc3ccc(C4=CCC(C(=O)NC5CCCC5)CC4)cc3)CC2)n1.[HH]. The molecule has 36 heavy (non-hydrogen) atoms. The number of rotatable bonds is 8. The maximum Gasteiger partial charge on any atom is 0.324 e. The van der Waals surface area contributed by atoms with Crippen molar-refractivity contribution >= 4 is 17.5 Å². The highest BCUT2D eigenvalue weighted by atomic mass is 16.5. The lowest BCUT2D eigenvalue weighted by Gasteiger charge is -2.30. The number of ether oxygens (including phenoxy) is 1. The van der Waals surface area contributed by atoms with Crippen LogP contribution in [0.15, 0.2) is 34.9 Å². The number of hydrogen-bond donors (Lipinski definition) is 1. The zero-order valence-corrected chi connectivity index (χ0v) is 21.7. The Labute approximate surface area is 216 Å². The summed E-state index contributed by atoms with van der Waals surface area (Å²) < 4.78 is 11.6. The van der Waals surface area contributed by atoms with Gasteiger partial charge >= 0.3 is 6.01 Å². The highest BCUT2D eigenvalue weighted by Gasteiger charge is 2.26. The molecule has 1 amide bonds. The molecule has 3 aliphatic rings. The lowest BCUT2D eigenvalue weighted by molar-refractivity contribution is -0.125. The predicted molar refractivity (Wildman–Crippen MR) is 143 cm³/mol. The van der Waals surface area contributed by atoms with Crippen molar-refractivity contribution in [1.29, 1.82) is 0 Å². The first-order valence-electron chi connectivity index (χ1n) is 13.9. The summed E-state index contributed by atoms with van der Waals surface area (Å²) in [4.78, 5) is 19.3. The average molecular weight is 495 g/mol. The summed E-state index contributed by atoms with van der Waals surface area (Å²) in [5.74, 6) is 2.88. The number of carbonyl (C=O) groups is 1. The van der Waals surface area contributed by atoms with E-state index in [1.165, 1.54) is 24.0 Å². The highest BCUT2D eigenvalue weighted by molar-refractivity contribution is 5.81. The Bertz CT molecular complexity index is 1040. The number of nitrogens with zero attached hydrogens (tertiary/aromatic N) is 3. The minimum absolute atomic E-state index is 0. The van der Waals surface area contributed by atoms with Crippen LogP contribution in [0.25, 0.3) is 5.57 Å². The van der Waals surface area contributed by atoms with Crippen LogP contribution < -0.4 is 15.0 Å². The molecule has 1 atom stereocenters. The van der Waals surface area contributed by atoms with Crippen molar-refractivity contribution in [3.63, 3.8) is 0 Å². The highest BCUT2D eigenvalue weighted by Crippen LogP contribution is 2.32. The van der Waals surface area contributed by atoms with Crippen LogP contribution >= 0.6 is 0 Å². The largest absolute Gasteiger partial charge is 0.493 e. The Hall–Kier alpha value is -2.83. The van der Waals surface area contributed by atoms with E-state index in [0.29, 0.717) is 18.0 Å². The van der Waals surface area contributed by atoms with Crippen LogP contribution in [0, 0.1) is 11.8 Å². The minimum atomic E-state index is 0. The molecule has 1 aromatic heterocycles.